The molecule has 2 aliphatic rings. The van der Waals surface area contributed by atoms with Crippen molar-refractivity contribution in [1.29, 1.82) is 0 Å². The third kappa shape index (κ3) is 1.38. The normalized spacial score (nSPS) is 20.3. The second kappa shape index (κ2) is 3.14. The van der Waals surface area contributed by atoms with Gasteiger partial charge in [0.1, 0.15) is 0 Å². The van der Waals surface area contributed by atoms with Gasteiger partial charge in [-0.05, 0) is 30.5 Å². The van der Waals surface area contributed by atoms with Crippen LogP contribution in [0.5, 0.6) is 11.5 Å². The van der Waals surface area contributed by atoms with Crippen LogP contribution in [0.2, 0.25) is 0 Å². The van der Waals surface area contributed by atoms with E-state index in [0.29, 0.717) is 6.79 Å². The number of fused-ring (bicyclic) bond motifs is 1. The largest absolute Gasteiger partial charge is 0.454 e. The standard InChI is InChI=1S/C12H14O3/c1-13-7-12(4-5-12)9-2-3-10-11(6-9)15-8-14-10/h2-3,6H,4-5,7-8H2,1H3. The lowest BCUT2D eigenvalue weighted by molar-refractivity contribution is 0.170. The lowest BCUT2D eigenvalue weighted by Gasteiger charge is -2.14. The second-order valence-corrected chi connectivity index (χ2v) is 4.28. The lowest BCUT2D eigenvalue weighted by Crippen LogP contribution is -2.13. The Labute approximate surface area is 89.0 Å². The molecule has 0 N–H and O–H groups in total. The molecule has 1 aromatic carbocycles. The molecule has 1 saturated carbocycles. The molecule has 3 heteroatoms. The highest BCUT2D eigenvalue weighted by molar-refractivity contribution is 5.48. The predicted molar refractivity (Wildman–Crippen MR) is 55.4 cm³/mol. The van der Waals surface area contributed by atoms with E-state index in [2.05, 4.69) is 12.1 Å². The smallest absolute Gasteiger partial charge is 0.231 e. The van der Waals surface area contributed by atoms with E-state index in [1.807, 2.05) is 6.07 Å². The molecule has 0 atom stereocenters. The van der Waals surface area contributed by atoms with Crippen molar-refractivity contribution >= 4 is 0 Å². The molecule has 1 fully saturated rings. The topological polar surface area (TPSA) is 27.7 Å². The van der Waals surface area contributed by atoms with Gasteiger partial charge in [0.25, 0.3) is 0 Å². The Morgan fingerprint density at radius 3 is 2.80 bits per heavy atom. The average Bonchev–Trinajstić information content (AvgIpc) is 2.89. The van der Waals surface area contributed by atoms with Crippen LogP contribution in [0.25, 0.3) is 0 Å². The van der Waals surface area contributed by atoms with Gasteiger partial charge in [0.15, 0.2) is 11.5 Å². The summed E-state index contributed by atoms with van der Waals surface area (Å²) in [5.74, 6) is 1.72. The van der Waals surface area contributed by atoms with Gasteiger partial charge in [-0.15, -0.1) is 0 Å². The van der Waals surface area contributed by atoms with Gasteiger partial charge < -0.3 is 14.2 Å². The van der Waals surface area contributed by atoms with Crippen LogP contribution in [0.4, 0.5) is 0 Å². The SMILES string of the molecule is COCC1(c2ccc3c(c2)OCO3)CC1. The number of ether oxygens (including phenoxy) is 3. The Kier molecular flexibility index (Phi) is 1.89. The minimum absolute atomic E-state index is 0.246. The fourth-order valence-electron chi connectivity index (χ4n) is 2.17. The maximum atomic E-state index is 5.38. The highest BCUT2D eigenvalue weighted by atomic mass is 16.7. The van der Waals surface area contributed by atoms with Gasteiger partial charge in [0, 0.05) is 12.5 Å². The first-order valence-electron chi connectivity index (χ1n) is 5.23. The van der Waals surface area contributed by atoms with Gasteiger partial charge in [-0.1, -0.05) is 6.07 Å². The molecule has 1 aliphatic carbocycles. The summed E-state index contributed by atoms with van der Waals surface area (Å²) >= 11 is 0. The van der Waals surface area contributed by atoms with Gasteiger partial charge in [-0.2, -0.15) is 0 Å². The molecule has 0 unspecified atom stereocenters. The van der Waals surface area contributed by atoms with E-state index >= 15 is 0 Å². The molecule has 0 radical (unpaired) electrons. The molecule has 0 saturated heterocycles. The molecule has 0 aromatic heterocycles. The highest BCUT2D eigenvalue weighted by Crippen LogP contribution is 2.50. The summed E-state index contributed by atoms with van der Waals surface area (Å²) in [7, 11) is 1.76. The first kappa shape index (κ1) is 9.04. The summed E-state index contributed by atoms with van der Waals surface area (Å²) < 4.78 is 15.9. The molecule has 0 amide bonds. The Morgan fingerprint density at radius 1 is 1.27 bits per heavy atom. The number of methoxy groups -OCH3 is 1. The van der Waals surface area contributed by atoms with E-state index in [9.17, 15) is 0 Å². The van der Waals surface area contributed by atoms with Crippen molar-refractivity contribution in [2.75, 3.05) is 20.5 Å². The molecule has 15 heavy (non-hydrogen) atoms. The van der Waals surface area contributed by atoms with Crippen LogP contribution >= 0.6 is 0 Å². The van der Waals surface area contributed by atoms with Gasteiger partial charge in [-0.3, -0.25) is 0 Å². The maximum Gasteiger partial charge on any atom is 0.231 e. The van der Waals surface area contributed by atoms with Crippen LogP contribution in [0.1, 0.15) is 18.4 Å². The zero-order valence-corrected chi connectivity index (χ0v) is 8.79. The Bertz CT molecular complexity index is 382. The van der Waals surface area contributed by atoms with Gasteiger partial charge in [0.2, 0.25) is 6.79 Å². The zero-order chi connectivity index (χ0) is 10.3. The van der Waals surface area contributed by atoms with E-state index in [0.717, 1.165) is 18.1 Å². The molecular formula is C12H14O3. The number of hydrogen-bond donors (Lipinski definition) is 0. The highest BCUT2D eigenvalue weighted by Gasteiger charge is 2.44. The van der Waals surface area contributed by atoms with Crippen LogP contribution < -0.4 is 9.47 Å². The van der Waals surface area contributed by atoms with Crippen molar-refractivity contribution in [3.63, 3.8) is 0 Å². The number of rotatable bonds is 3. The third-order valence-electron chi connectivity index (χ3n) is 3.26. The molecule has 0 spiro atoms. The van der Waals surface area contributed by atoms with E-state index in [1.165, 1.54) is 18.4 Å². The molecule has 80 valence electrons. The quantitative estimate of drug-likeness (QED) is 0.758. The molecule has 1 aromatic rings. The Morgan fingerprint density at radius 2 is 2.07 bits per heavy atom. The van der Waals surface area contributed by atoms with Crippen LogP contribution in [-0.4, -0.2) is 20.5 Å². The third-order valence-corrected chi connectivity index (χ3v) is 3.26. The van der Waals surface area contributed by atoms with Crippen molar-refractivity contribution in [2.24, 2.45) is 0 Å². The minimum Gasteiger partial charge on any atom is -0.454 e. The molecule has 3 rings (SSSR count). The van der Waals surface area contributed by atoms with E-state index in [-0.39, 0.29) is 5.41 Å². The molecular weight excluding hydrogens is 192 g/mol. The number of hydrogen-bond acceptors (Lipinski definition) is 3. The van der Waals surface area contributed by atoms with E-state index < -0.39 is 0 Å². The van der Waals surface area contributed by atoms with E-state index in [1.54, 1.807) is 7.11 Å². The van der Waals surface area contributed by atoms with Gasteiger partial charge in [-0.25, -0.2) is 0 Å². The molecule has 1 heterocycles. The van der Waals surface area contributed by atoms with Crippen molar-refractivity contribution in [3.05, 3.63) is 23.8 Å². The van der Waals surface area contributed by atoms with Crippen LogP contribution in [0.3, 0.4) is 0 Å². The first-order chi connectivity index (χ1) is 7.34. The lowest BCUT2D eigenvalue weighted by atomic mass is 9.96. The molecule has 3 nitrogen and oxygen atoms in total. The van der Waals surface area contributed by atoms with Crippen LogP contribution in [-0.2, 0) is 10.2 Å². The van der Waals surface area contributed by atoms with Crippen molar-refractivity contribution in [2.45, 2.75) is 18.3 Å². The summed E-state index contributed by atoms with van der Waals surface area (Å²) in [6.45, 7) is 1.14. The van der Waals surface area contributed by atoms with Crippen LogP contribution in [0, 0.1) is 0 Å². The predicted octanol–water partition coefficient (Wildman–Crippen LogP) is 2.09. The fraction of sp³-hybridized carbons (Fsp3) is 0.500. The average molecular weight is 206 g/mol. The van der Waals surface area contributed by atoms with Crippen molar-refractivity contribution in [1.82, 2.24) is 0 Å². The number of benzene rings is 1. The summed E-state index contributed by atoms with van der Waals surface area (Å²) in [5.41, 5.74) is 1.56. The molecule has 1 aliphatic heterocycles. The monoisotopic (exact) mass is 206 g/mol. The summed E-state index contributed by atoms with van der Waals surface area (Å²) in [6, 6.07) is 6.21. The minimum atomic E-state index is 0.246. The second-order valence-electron chi connectivity index (χ2n) is 4.28. The van der Waals surface area contributed by atoms with E-state index in [4.69, 9.17) is 14.2 Å². The van der Waals surface area contributed by atoms with Crippen molar-refractivity contribution < 1.29 is 14.2 Å². The Hall–Kier alpha value is -1.22. The maximum absolute atomic E-state index is 5.38. The van der Waals surface area contributed by atoms with Crippen molar-refractivity contribution in [3.8, 4) is 11.5 Å². The summed E-state index contributed by atoms with van der Waals surface area (Å²) in [5, 5.41) is 0. The fourth-order valence-corrected chi connectivity index (χ4v) is 2.17. The Balaban J connectivity index is 1.93. The molecule has 0 bridgehead atoms. The van der Waals surface area contributed by atoms with Gasteiger partial charge >= 0.3 is 0 Å². The van der Waals surface area contributed by atoms with Crippen LogP contribution in [0.15, 0.2) is 18.2 Å². The first-order valence-corrected chi connectivity index (χ1v) is 5.23. The summed E-state index contributed by atoms with van der Waals surface area (Å²) in [6.07, 6.45) is 2.42. The summed E-state index contributed by atoms with van der Waals surface area (Å²) in [4.78, 5) is 0. The zero-order valence-electron chi connectivity index (χ0n) is 8.79. The van der Waals surface area contributed by atoms with Gasteiger partial charge in [0.05, 0.1) is 6.61 Å².